The van der Waals surface area contributed by atoms with Crippen LogP contribution in [0.2, 0.25) is 5.02 Å². The molecule has 130 valence electrons. The fourth-order valence-corrected chi connectivity index (χ4v) is 3.89. The average molecular weight is 349 g/mol. The second-order valence-electron chi connectivity index (χ2n) is 6.78. The molecule has 1 saturated heterocycles. The molecule has 2 aromatic rings. The Balaban J connectivity index is 1.54. The SMILES string of the molecule is CC(O)CC1CCCN1C(=O)CCCn1ccc2cc(Cl)ccc21. The molecule has 3 rings (SSSR count). The van der Waals surface area contributed by atoms with E-state index >= 15 is 0 Å². The summed E-state index contributed by atoms with van der Waals surface area (Å²) in [5.41, 5.74) is 1.15. The molecule has 1 amide bonds. The Kier molecular flexibility index (Phi) is 5.47. The number of hydrogen-bond acceptors (Lipinski definition) is 2. The Bertz CT molecular complexity index is 710. The predicted molar refractivity (Wildman–Crippen MR) is 97.2 cm³/mol. The third kappa shape index (κ3) is 3.93. The van der Waals surface area contributed by atoms with E-state index in [1.165, 1.54) is 0 Å². The van der Waals surface area contributed by atoms with E-state index in [1.54, 1.807) is 6.92 Å². The lowest BCUT2D eigenvalue weighted by molar-refractivity contribution is -0.132. The second kappa shape index (κ2) is 7.58. The Morgan fingerprint density at radius 2 is 2.25 bits per heavy atom. The van der Waals surface area contributed by atoms with Crippen LogP contribution in [-0.2, 0) is 11.3 Å². The molecule has 0 spiro atoms. The Hall–Kier alpha value is -1.52. The summed E-state index contributed by atoms with van der Waals surface area (Å²) in [5.74, 6) is 0.220. The van der Waals surface area contributed by atoms with Crippen molar-refractivity contribution < 1.29 is 9.90 Å². The van der Waals surface area contributed by atoms with Crippen molar-refractivity contribution >= 4 is 28.4 Å². The number of aliphatic hydroxyl groups is 1. The molecule has 1 aromatic carbocycles. The molecule has 1 aromatic heterocycles. The van der Waals surface area contributed by atoms with Crippen LogP contribution in [0, 0.1) is 0 Å². The van der Waals surface area contributed by atoms with E-state index < -0.39 is 0 Å². The van der Waals surface area contributed by atoms with E-state index in [-0.39, 0.29) is 18.1 Å². The third-order valence-electron chi connectivity index (χ3n) is 4.83. The van der Waals surface area contributed by atoms with Gasteiger partial charge in [-0.3, -0.25) is 4.79 Å². The molecule has 1 N–H and O–H groups in total. The zero-order valence-corrected chi connectivity index (χ0v) is 14.9. The standard InChI is InChI=1S/C19H25ClN2O2/c1-14(23)12-17-4-2-10-22(17)19(24)5-3-9-21-11-8-15-13-16(20)6-7-18(15)21/h6-8,11,13-14,17,23H,2-5,9-10,12H2,1H3. The quantitative estimate of drug-likeness (QED) is 0.862. The lowest BCUT2D eigenvalue weighted by atomic mass is 10.1. The first-order chi connectivity index (χ1) is 11.5. The fourth-order valence-electron chi connectivity index (χ4n) is 3.71. The van der Waals surface area contributed by atoms with E-state index in [4.69, 9.17) is 11.6 Å². The van der Waals surface area contributed by atoms with Crippen LogP contribution in [0.4, 0.5) is 0 Å². The lowest BCUT2D eigenvalue weighted by Crippen LogP contribution is -2.37. The third-order valence-corrected chi connectivity index (χ3v) is 5.07. The molecule has 0 bridgehead atoms. The molecule has 1 aliphatic rings. The molecule has 1 fully saturated rings. The van der Waals surface area contributed by atoms with Crippen LogP contribution >= 0.6 is 11.6 Å². The highest BCUT2D eigenvalue weighted by Crippen LogP contribution is 2.24. The number of likely N-dealkylation sites (tertiary alicyclic amines) is 1. The number of fused-ring (bicyclic) bond motifs is 1. The molecule has 0 aliphatic carbocycles. The van der Waals surface area contributed by atoms with E-state index in [2.05, 4.69) is 16.8 Å². The van der Waals surface area contributed by atoms with Crippen LogP contribution in [0.15, 0.2) is 30.5 Å². The van der Waals surface area contributed by atoms with Crippen molar-refractivity contribution in [2.45, 2.75) is 57.7 Å². The number of aryl methyl sites for hydroxylation is 1. The van der Waals surface area contributed by atoms with Gasteiger partial charge in [-0.15, -0.1) is 0 Å². The highest BCUT2D eigenvalue weighted by molar-refractivity contribution is 6.31. The van der Waals surface area contributed by atoms with Crippen LogP contribution in [0.5, 0.6) is 0 Å². The summed E-state index contributed by atoms with van der Waals surface area (Å²) >= 11 is 6.02. The summed E-state index contributed by atoms with van der Waals surface area (Å²) in [6.07, 6.45) is 5.84. The maximum Gasteiger partial charge on any atom is 0.222 e. The first-order valence-corrected chi connectivity index (χ1v) is 9.14. The van der Waals surface area contributed by atoms with E-state index in [1.807, 2.05) is 23.1 Å². The van der Waals surface area contributed by atoms with Crippen molar-refractivity contribution in [2.24, 2.45) is 0 Å². The van der Waals surface area contributed by atoms with Crippen molar-refractivity contribution in [2.75, 3.05) is 6.54 Å². The number of carbonyl (C=O) groups excluding carboxylic acids is 1. The van der Waals surface area contributed by atoms with Crippen molar-refractivity contribution in [1.29, 1.82) is 0 Å². The number of benzene rings is 1. The minimum absolute atomic E-state index is 0.215. The maximum atomic E-state index is 12.5. The van der Waals surface area contributed by atoms with Gasteiger partial charge in [0, 0.05) is 47.7 Å². The second-order valence-corrected chi connectivity index (χ2v) is 7.22. The van der Waals surface area contributed by atoms with Gasteiger partial charge in [0.2, 0.25) is 5.91 Å². The van der Waals surface area contributed by atoms with Crippen LogP contribution in [0.3, 0.4) is 0 Å². The maximum absolute atomic E-state index is 12.5. The summed E-state index contributed by atoms with van der Waals surface area (Å²) in [4.78, 5) is 14.5. The zero-order valence-electron chi connectivity index (χ0n) is 14.1. The van der Waals surface area contributed by atoms with Gasteiger partial charge in [-0.1, -0.05) is 11.6 Å². The molecule has 24 heavy (non-hydrogen) atoms. The van der Waals surface area contributed by atoms with Gasteiger partial charge in [0.1, 0.15) is 0 Å². The van der Waals surface area contributed by atoms with Crippen molar-refractivity contribution in [3.8, 4) is 0 Å². The van der Waals surface area contributed by atoms with Gasteiger partial charge in [0.05, 0.1) is 6.10 Å². The minimum Gasteiger partial charge on any atom is -0.393 e. The molecule has 2 unspecified atom stereocenters. The van der Waals surface area contributed by atoms with Gasteiger partial charge in [0.25, 0.3) is 0 Å². The topological polar surface area (TPSA) is 45.5 Å². The first kappa shape index (κ1) is 17.3. The molecule has 2 atom stereocenters. The van der Waals surface area contributed by atoms with Crippen LogP contribution in [-0.4, -0.2) is 39.2 Å². The van der Waals surface area contributed by atoms with Crippen molar-refractivity contribution in [3.05, 3.63) is 35.5 Å². The number of nitrogens with zero attached hydrogens (tertiary/aromatic N) is 2. The summed E-state index contributed by atoms with van der Waals surface area (Å²) in [7, 11) is 0. The predicted octanol–water partition coefficient (Wildman–Crippen LogP) is 3.84. The highest BCUT2D eigenvalue weighted by Gasteiger charge is 2.28. The average Bonchev–Trinajstić information content (AvgIpc) is 3.13. The number of aromatic nitrogens is 1. The summed E-state index contributed by atoms with van der Waals surface area (Å²) in [5, 5.41) is 11.5. The normalized spacial score (nSPS) is 19.1. The van der Waals surface area contributed by atoms with E-state index in [9.17, 15) is 9.90 Å². The zero-order chi connectivity index (χ0) is 17.1. The van der Waals surface area contributed by atoms with Crippen LogP contribution in [0.25, 0.3) is 10.9 Å². The van der Waals surface area contributed by atoms with Crippen LogP contribution < -0.4 is 0 Å². The van der Waals surface area contributed by atoms with Crippen molar-refractivity contribution in [1.82, 2.24) is 9.47 Å². The van der Waals surface area contributed by atoms with Gasteiger partial charge >= 0.3 is 0 Å². The molecule has 4 nitrogen and oxygen atoms in total. The van der Waals surface area contributed by atoms with Crippen molar-refractivity contribution in [3.63, 3.8) is 0 Å². The summed E-state index contributed by atoms with van der Waals surface area (Å²) in [6, 6.07) is 8.16. The number of rotatable bonds is 6. The fraction of sp³-hybridized carbons (Fsp3) is 0.526. The number of hydrogen-bond donors (Lipinski definition) is 1. The first-order valence-electron chi connectivity index (χ1n) is 8.76. The summed E-state index contributed by atoms with van der Waals surface area (Å²) < 4.78 is 2.18. The molecule has 1 aliphatic heterocycles. The largest absolute Gasteiger partial charge is 0.393 e. The highest BCUT2D eigenvalue weighted by atomic mass is 35.5. The van der Waals surface area contributed by atoms with Gasteiger partial charge < -0.3 is 14.6 Å². The smallest absolute Gasteiger partial charge is 0.222 e. The van der Waals surface area contributed by atoms with E-state index in [0.29, 0.717) is 12.8 Å². The Morgan fingerprint density at radius 3 is 3.04 bits per heavy atom. The molecule has 5 heteroatoms. The monoisotopic (exact) mass is 348 g/mol. The number of amides is 1. The number of halogens is 1. The number of carbonyl (C=O) groups is 1. The van der Waals surface area contributed by atoms with Gasteiger partial charge in [-0.25, -0.2) is 0 Å². The minimum atomic E-state index is -0.346. The van der Waals surface area contributed by atoms with Gasteiger partial charge in [-0.2, -0.15) is 0 Å². The Morgan fingerprint density at radius 1 is 1.42 bits per heavy atom. The lowest BCUT2D eigenvalue weighted by Gasteiger charge is -2.25. The number of aliphatic hydroxyl groups excluding tert-OH is 1. The van der Waals surface area contributed by atoms with Crippen LogP contribution in [0.1, 0.15) is 39.0 Å². The summed E-state index contributed by atoms with van der Waals surface area (Å²) in [6.45, 7) is 3.46. The van der Waals surface area contributed by atoms with E-state index in [0.717, 1.165) is 48.3 Å². The Labute approximate surface area is 148 Å². The van der Waals surface area contributed by atoms with Gasteiger partial charge in [0.15, 0.2) is 0 Å². The van der Waals surface area contributed by atoms with Gasteiger partial charge in [-0.05, 0) is 56.9 Å². The molecule has 0 saturated carbocycles. The molecule has 0 radical (unpaired) electrons. The molecular weight excluding hydrogens is 324 g/mol. The molecule has 2 heterocycles. The molecular formula is C19H25ClN2O2.